The van der Waals surface area contributed by atoms with Crippen LogP contribution >= 0.6 is 0 Å². The van der Waals surface area contributed by atoms with Gasteiger partial charge in [-0.25, -0.2) is 4.39 Å². The Morgan fingerprint density at radius 2 is 2.03 bits per heavy atom. The highest BCUT2D eigenvalue weighted by Crippen LogP contribution is 2.22. The Hall–Kier alpha value is -3.92. The number of aliphatic hydroxyl groups is 1. The van der Waals surface area contributed by atoms with Gasteiger partial charge in [-0.2, -0.15) is 5.10 Å². The lowest BCUT2D eigenvalue weighted by Gasteiger charge is -2.07. The molecule has 150 valence electrons. The minimum Gasteiger partial charge on any atom is -0.394 e. The van der Waals surface area contributed by atoms with Crippen LogP contribution in [0.3, 0.4) is 0 Å². The maximum atomic E-state index is 14.7. The average Bonchev–Trinajstić information content (AvgIpc) is 3.38. The second-order valence-electron chi connectivity index (χ2n) is 6.79. The second kappa shape index (κ2) is 7.16. The van der Waals surface area contributed by atoms with E-state index in [0.29, 0.717) is 34.4 Å². The molecule has 0 aromatic carbocycles. The maximum absolute atomic E-state index is 14.7. The van der Waals surface area contributed by atoms with Crippen LogP contribution in [0, 0.1) is 5.82 Å². The molecule has 5 rings (SSSR count). The quantitative estimate of drug-likeness (QED) is 0.475. The van der Waals surface area contributed by atoms with Crippen molar-refractivity contribution in [2.45, 2.75) is 13.1 Å². The van der Waals surface area contributed by atoms with E-state index in [1.54, 1.807) is 53.9 Å². The van der Waals surface area contributed by atoms with Crippen molar-refractivity contribution in [3.8, 4) is 11.1 Å². The monoisotopic (exact) mass is 405 g/mol. The van der Waals surface area contributed by atoms with Gasteiger partial charge in [-0.15, -0.1) is 10.2 Å². The van der Waals surface area contributed by atoms with Gasteiger partial charge < -0.3 is 9.67 Å². The Morgan fingerprint density at radius 1 is 1.13 bits per heavy atom. The molecule has 30 heavy (non-hydrogen) atoms. The molecule has 0 radical (unpaired) electrons. The fourth-order valence-corrected chi connectivity index (χ4v) is 3.39. The van der Waals surface area contributed by atoms with Gasteiger partial charge in [0.15, 0.2) is 17.3 Å². The molecule has 0 bridgehead atoms. The van der Waals surface area contributed by atoms with Crippen molar-refractivity contribution < 1.29 is 9.50 Å². The Kier molecular flexibility index (Phi) is 4.32. The van der Waals surface area contributed by atoms with E-state index < -0.39 is 5.82 Å². The number of aromatic nitrogens is 7. The molecule has 0 unspecified atom stereocenters. The lowest BCUT2D eigenvalue weighted by atomic mass is 10.1. The zero-order chi connectivity index (χ0) is 20.7. The van der Waals surface area contributed by atoms with Crippen LogP contribution in [0.4, 0.5) is 4.39 Å². The normalized spacial score (nSPS) is 11.5. The maximum Gasteiger partial charge on any atom is 0.260 e. The molecule has 0 saturated heterocycles. The third-order valence-electron chi connectivity index (χ3n) is 4.88. The highest BCUT2D eigenvalue weighted by atomic mass is 19.1. The molecule has 0 aliphatic heterocycles. The van der Waals surface area contributed by atoms with Crippen LogP contribution in [-0.2, 0) is 13.1 Å². The van der Waals surface area contributed by atoms with Gasteiger partial charge in [0.2, 0.25) is 0 Å². The van der Waals surface area contributed by atoms with Gasteiger partial charge in [-0.1, -0.05) is 0 Å². The van der Waals surface area contributed by atoms with E-state index in [9.17, 15) is 9.18 Å². The summed E-state index contributed by atoms with van der Waals surface area (Å²) in [6.45, 7) is 0.431. The van der Waals surface area contributed by atoms with Crippen LogP contribution in [0.1, 0.15) is 5.82 Å². The van der Waals surface area contributed by atoms with Crippen molar-refractivity contribution in [1.82, 2.24) is 33.9 Å². The highest BCUT2D eigenvalue weighted by molar-refractivity contribution is 5.76. The predicted octanol–water partition coefficient (Wildman–Crippen LogP) is 1.48. The minimum atomic E-state index is -0.531. The number of fused-ring (bicyclic) bond motifs is 2. The number of hydrogen-bond acceptors (Lipinski definition) is 6. The third kappa shape index (κ3) is 3.03. The molecule has 5 heterocycles. The van der Waals surface area contributed by atoms with Crippen molar-refractivity contribution in [3.63, 3.8) is 0 Å². The summed E-state index contributed by atoms with van der Waals surface area (Å²) in [5.41, 5.74) is 1.75. The molecule has 1 N–H and O–H groups in total. The Labute approximate surface area is 168 Å². The summed E-state index contributed by atoms with van der Waals surface area (Å²) in [5, 5.41) is 21.7. The first-order valence-electron chi connectivity index (χ1n) is 9.25. The lowest BCUT2D eigenvalue weighted by molar-refractivity contribution is 0.269. The number of aliphatic hydroxyl groups excluding tert-OH is 1. The van der Waals surface area contributed by atoms with E-state index in [0.717, 1.165) is 0 Å². The average molecular weight is 405 g/mol. The van der Waals surface area contributed by atoms with Crippen LogP contribution in [0.25, 0.3) is 27.7 Å². The van der Waals surface area contributed by atoms with Crippen LogP contribution in [0.15, 0.2) is 60.0 Å². The summed E-state index contributed by atoms with van der Waals surface area (Å²) in [6, 6.07) is 6.54. The molecular formula is C20H16FN7O2. The smallest absolute Gasteiger partial charge is 0.260 e. The first-order chi connectivity index (χ1) is 14.6. The van der Waals surface area contributed by atoms with Gasteiger partial charge in [0, 0.05) is 35.9 Å². The fraction of sp³-hybridized carbons (Fsp3) is 0.150. The molecule has 0 aliphatic carbocycles. The summed E-state index contributed by atoms with van der Waals surface area (Å²) in [5.74, 6) is -0.116. The Balaban J connectivity index is 1.58. The van der Waals surface area contributed by atoms with E-state index in [-0.39, 0.29) is 24.4 Å². The summed E-state index contributed by atoms with van der Waals surface area (Å²) >= 11 is 0. The molecule has 0 fully saturated rings. The van der Waals surface area contributed by atoms with Crippen molar-refractivity contribution in [1.29, 1.82) is 0 Å². The summed E-state index contributed by atoms with van der Waals surface area (Å²) < 4.78 is 19.3. The first kappa shape index (κ1) is 18.1. The highest BCUT2D eigenvalue weighted by Gasteiger charge is 2.15. The summed E-state index contributed by atoms with van der Waals surface area (Å²) in [4.78, 5) is 17.0. The zero-order valence-electron chi connectivity index (χ0n) is 15.7. The van der Waals surface area contributed by atoms with E-state index >= 15 is 0 Å². The largest absolute Gasteiger partial charge is 0.394 e. The minimum absolute atomic E-state index is 0.0415. The zero-order valence-corrected chi connectivity index (χ0v) is 15.7. The SMILES string of the molecule is O=c1c2cccnc2ccn1Cc1nnc2c(F)cc(-c3cnn(CCO)c3)cn12. The fourth-order valence-electron chi connectivity index (χ4n) is 3.39. The Morgan fingerprint density at radius 3 is 2.90 bits per heavy atom. The van der Waals surface area contributed by atoms with E-state index in [2.05, 4.69) is 20.3 Å². The van der Waals surface area contributed by atoms with Gasteiger partial charge in [0.05, 0.1) is 36.8 Å². The molecular weight excluding hydrogens is 389 g/mol. The lowest BCUT2D eigenvalue weighted by Crippen LogP contribution is -2.21. The summed E-state index contributed by atoms with van der Waals surface area (Å²) in [6.07, 6.45) is 8.30. The number of halogens is 1. The topological polar surface area (TPSA) is 103 Å². The molecule has 0 saturated carbocycles. The van der Waals surface area contributed by atoms with Crippen molar-refractivity contribution in [3.05, 3.63) is 77.2 Å². The molecule has 9 nitrogen and oxygen atoms in total. The third-order valence-corrected chi connectivity index (χ3v) is 4.88. The molecule has 0 spiro atoms. The van der Waals surface area contributed by atoms with Gasteiger partial charge in [0.1, 0.15) is 0 Å². The molecule has 0 aliphatic rings. The number of nitrogens with zero attached hydrogens (tertiary/aromatic N) is 7. The molecule has 0 atom stereocenters. The van der Waals surface area contributed by atoms with E-state index in [1.807, 2.05) is 0 Å². The van der Waals surface area contributed by atoms with Crippen molar-refractivity contribution >= 4 is 16.6 Å². The standard InChI is InChI=1S/C20H16FN7O2/c21-16-8-13(14-9-23-27(10-14)6-7-29)11-28-18(24-25-19(16)28)12-26-5-3-17-15(20(26)30)2-1-4-22-17/h1-5,8-11,29H,6-7,12H2. The molecule has 0 amide bonds. The van der Waals surface area contributed by atoms with Crippen LogP contribution < -0.4 is 5.56 Å². The van der Waals surface area contributed by atoms with Gasteiger partial charge in [-0.05, 0) is 24.3 Å². The first-order valence-corrected chi connectivity index (χ1v) is 9.25. The van der Waals surface area contributed by atoms with Gasteiger partial charge in [0.25, 0.3) is 5.56 Å². The Bertz CT molecular complexity index is 1440. The van der Waals surface area contributed by atoms with Crippen LogP contribution in [0.5, 0.6) is 0 Å². The number of pyridine rings is 3. The molecule has 5 aromatic heterocycles. The number of rotatable bonds is 5. The predicted molar refractivity (Wildman–Crippen MR) is 106 cm³/mol. The second-order valence-corrected chi connectivity index (χ2v) is 6.79. The van der Waals surface area contributed by atoms with E-state index in [1.165, 1.54) is 15.0 Å². The van der Waals surface area contributed by atoms with Gasteiger partial charge in [-0.3, -0.25) is 18.9 Å². The number of hydrogen-bond donors (Lipinski definition) is 1. The molecule has 5 aromatic rings. The molecule has 10 heteroatoms. The van der Waals surface area contributed by atoms with Gasteiger partial charge >= 0.3 is 0 Å². The van der Waals surface area contributed by atoms with Crippen molar-refractivity contribution in [2.75, 3.05) is 6.61 Å². The summed E-state index contributed by atoms with van der Waals surface area (Å²) in [7, 11) is 0. The van der Waals surface area contributed by atoms with Crippen LogP contribution in [0.2, 0.25) is 0 Å². The van der Waals surface area contributed by atoms with Crippen molar-refractivity contribution in [2.24, 2.45) is 0 Å². The van der Waals surface area contributed by atoms with E-state index in [4.69, 9.17) is 5.11 Å². The van der Waals surface area contributed by atoms with Crippen LogP contribution in [-0.4, -0.2) is 45.6 Å².